The van der Waals surface area contributed by atoms with Crippen LogP contribution in [0.4, 0.5) is 4.39 Å². The smallest absolute Gasteiger partial charge is 0.328 e. The van der Waals surface area contributed by atoms with E-state index >= 15 is 0 Å². The Morgan fingerprint density at radius 3 is 2.42 bits per heavy atom. The Balaban J connectivity index is 2.32. The second-order valence-corrected chi connectivity index (χ2v) is 5.20. The van der Waals surface area contributed by atoms with Gasteiger partial charge in [0, 0.05) is 6.04 Å². The summed E-state index contributed by atoms with van der Waals surface area (Å²) >= 11 is 0. The van der Waals surface area contributed by atoms with Crippen LogP contribution >= 0.6 is 0 Å². The average Bonchev–Trinajstić information content (AvgIpc) is 2.89. The third-order valence-electron chi connectivity index (χ3n) is 4.04. The molecule has 1 fully saturated rings. The minimum atomic E-state index is -1.11. The summed E-state index contributed by atoms with van der Waals surface area (Å²) in [5, 5.41) is 12.9. The van der Waals surface area contributed by atoms with Crippen LogP contribution in [0, 0.1) is 5.82 Å². The molecule has 0 aliphatic heterocycles. The molecule has 2 rings (SSSR count). The Morgan fingerprint density at radius 1 is 1.37 bits per heavy atom. The van der Waals surface area contributed by atoms with Gasteiger partial charge in [0.05, 0.1) is 0 Å². The normalized spacial score (nSPS) is 19.3. The van der Waals surface area contributed by atoms with Gasteiger partial charge in [-0.1, -0.05) is 31.9 Å². The van der Waals surface area contributed by atoms with Crippen molar-refractivity contribution >= 4 is 5.97 Å². The van der Waals surface area contributed by atoms with Crippen LogP contribution < -0.4 is 5.32 Å². The van der Waals surface area contributed by atoms with E-state index in [9.17, 15) is 14.3 Å². The maximum absolute atomic E-state index is 13.0. The van der Waals surface area contributed by atoms with Crippen molar-refractivity contribution in [3.05, 3.63) is 35.6 Å². The predicted octanol–water partition coefficient (Wildman–Crippen LogP) is 3.05. The zero-order valence-electron chi connectivity index (χ0n) is 11.2. The van der Waals surface area contributed by atoms with Crippen LogP contribution in [0.15, 0.2) is 24.3 Å². The molecule has 1 aromatic carbocycles. The number of carboxylic acids is 1. The lowest BCUT2D eigenvalue weighted by molar-refractivity contribution is -0.146. The van der Waals surface area contributed by atoms with E-state index < -0.39 is 11.5 Å². The molecule has 0 radical (unpaired) electrons. The lowest BCUT2D eigenvalue weighted by atomic mass is 9.86. The molecule has 1 aliphatic rings. The summed E-state index contributed by atoms with van der Waals surface area (Å²) in [6.45, 7) is 1.85. The van der Waals surface area contributed by atoms with E-state index in [1.807, 2.05) is 6.92 Å². The van der Waals surface area contributed by atoms with Gasteiger partial charge in [0.15, 0.2) is 0 Å². The number of nitrogens with one attached hydrogen (secondary N) is 1. The summed E-state index contributed by atoms with van der Waals surface area (Å²) < 4.78 is 13.0. The molecule has 3 nitrogen and oxygen atoms in total. The predicted molar refractivity (Wildman–Crippen MR) is 71.4 cm³/mol. The largest absolute Gasteiger partial charge is 0.480 e. The Hall–Kier alpha value is -1.42. The Morgan fingerprint density at radius 2 is 1.95 bits per heavy atom. The highest BCUT2D eigenvalue weighted by Crippen LogP contribution is 2.30. The van der Waals surface area contributed by atoms with Crippen LogP contribution in [0.25, 0.3) is 0 Å². The van der Waals surface area contributed by atoms with Crippen molar-refractivity contribution in [1.82, 2.24) is 5.32 Å². The Kier molecular flexibility index (Phi) is 4.20. The van der Waals surface area contributed by atoms with Crippen molar-refractivity contribution in [2.75, 3.05) is 0 Å². The summed E-state index contributed by atoms with van der Waals surface area (Å²) in [5.74, 6) is -1.24. The van der Waals surface area contributed by atoms with Crippen molar-refractivity contribution in [3.63, 3.8) is 0 Å². The number of halogens is 1. The Labute approximate surface area is 112 Å². The SMILES string of the molecule is CCC(NC1CCCC1)(C(=O)O)c1ccc(F)cc1. The van der Waals surface area contributed by atoms with Gasteiger partial charge in [0.25, 0.3) is 0 Å². The third kappa shape index (κ3) is 2.78. The average molecular weight is 265 g/mol. The highest BCUT2D eigenvalue weighted by Gasteiger charge is 2.40. The monoisotopic (exact) mass is 265 g/mol. The Bertz CT molecular complexity index is 440. The van der Waals surface area contributed by atoms with Crippen molar-refractivity contribution in [2.24, 2.45) is 0 Å². The fourth-order valence-corrected chi connectivity index (χ4v) is 2.88. The number of hydrogen-bond donors (Lipinski definition) is 2. The number of rotatable bonds is 5. The third-order valence-corrected chi connectivity index (χ3v) is 4.04. The van der Waals surface area contributed by atoms with Gasteiger partial charge in [-0.2, -0.15) is 0 Å². The topological polar surface area (TPSA) is 49.3 Å². The molecule has 0 aromatic heterocycles. The van der Waals surface area contributed by atoms with Gasteiger partial charge in [0.1, 0.15) is 11.4 Å². The molecule has 0 saturated heterocycles. The number of benzene rings is 1. The standard InChI is InChI=1S/C15H20FNO2/c1-2-15(14(18)19,17-13-5-3-4-6-13)11-7-9-12(16)10-8-11/h7-10,13,17H,2-6H2,1H3,(H,18,19). The fourth-order valence-electron chi connectivity index (χ4n) is 2.88. The van der Waals surface area contributed by atoms with Gasteiger partial charge in [-0.25, -0.2) is 9.18 Å². The molecule has 4 heteroatoms. The first-order valence-corrected chi connectivity index (χ1v) is 6.85. The molecule has 19 heavy (non-hydrogen) atoms. The summed E-state index contributed by atoms with van der Waals surface area (Å²) in [6, 6.07) is 6.00. The molecule has 104 valence electrons. The van der Waals surface area contributed by atoms with Gasteiger partial charge < -0.3 is 5.11 Å². The van der Waals surface area contributed by atoms with Crippen LogP contribution in [0.2, 0.25) is 0 Å². The summed E-state index contributed by atoms with van der Waals surface area (Å²) in [5.41, 5.74) is -0.487. The first-order chi connectivity index (χ1) is 9.08. The second kappa shape index (κ2) is 5.70. The molecule has 0 heterocycles. The first kappa shape index (κ1) is 14.0. The summed E-state index contributed by atoms with van der Waals surface area (Å²) in [6.07, 6.45) is 4.73. The first-order valence-electron chi connectivity index (χ1n) is 6.85. The molecule has 1 saturated carbocycles. The van der Waals surface area contributed by atoms with Crippen molar-refractivity contribution in [1.29, 1.82) is 0 Å². The lowest BCUT2D eigenvalue weighted by Gasteiger charge is -2.33. The molecule has 0 spiro atoms. The van der Waals surface area contributed by atoms with Crippen molar-refractivity contribution in [3.8, 4) is 0 Å². The zero-order valence-corrected chi connectivity index (χ0v) is 11.2. The fraction of sp³-hybridized carbons (Fsp3) is 0.533. The maximum Gasteiger partial charge on any atom is 0.328 e. The van der Waals surface area contributed by atoms with E-state index in [1.165, 1.54) is 12.1 Å². The minimum Gasteiger partial charge on any atom is -0.480 e. The van der Waals surface area contributed by atoms with Gasteiger partial charge in [-0.3, -0.25) is 5.32 Å². The minimum absolute atomic E-state index is 0.237. The molecule has 1 unspecified atom stereocenters. The van der Waals surface area contributed by atoms with E-state index in [-0.39, 0.29) is 11.9 Å². The molecule has 1 atom stereocenters. The van der Waals surface area contributed by atoms with Gasteiger partial charge >= 0.3 is 5.97 Å². The number of hydrogen-bond acceptors (Lipinski definition) is 2. The van der Waals surface area contributed by atoms with Crippen LogP contribution in [0.5, 0.6) is 0 Å². The highest BCUT2D eigenvalue weighted by atomic mass is 19.1. The quantitative estimate of drug-likeness (QED) is 0.860. The maximum atomic E-state index is 13.0. The van der Waals surface area contributed by atoms with Crippen LogP contribution in [0.3, 0.4) is 0 Å². The van der Waals surface area contributed by atoms with E-state index in [4.69, 9.17) is 0 Å². The summed E-state index contributed by atoms with van der Waals surface area (Å²) in [7, 11) is 0. The molecule has 2 N–H and O–H groups in total. The van der Waals surface area contributed by atoms with Gasteiger partial charge in [-0.15, -0.1) is 0 Å². The molecular formula is C15H20FNO2. The summed E-state index contributed by atoms with van der Waals surface area (Å²) in [4.78, 5) is 11.8. The zero-order chi connectivity index (χ0) is 13.9. The molecule has 0 bridgehead atoms. The second-order valence-electron chi connectivity index (χ2n) is 5.20. The molecule has 1 aliphatic carbocycles. The lowest BCUT2D eigenvalue weighted by Crippen LogP contribution is -2.52. The van der Waals surface area contributed by atoms with E-state index in [1.54, 1.807) is 12.1 Å². The molecular weight excluding hydrogens is 245 g/mol. The van der Waals surface area contributed by atoms with Gasteiger partial charge in [0.2, 0.25) is 0 Å². The van der Waals surface area contributed by atoms with E-state index in [0.717, 1.165) is 25.7 Å². The highest BCUT2D eigenvalue weighted by molar-refractivity contribution is 5.80. The molecule has 0 amide bonds. The van der Waals surface area contributed by atoms with Crippen LogP contribution in [-0.4, -0.2) is 17.1 Å². The van der Waals surface area contributed by atoms with E-state index in [2.05, 4.69) is 5.32 Å². The number of carboxylic acid groups (broad SMARTS) is 1. The van der Waals surface area contributed by atoms with Crippen LogP contribution in [0.1, 0.15) is 44.6 Å². The van der Waals surface area contributed by atoms with Crippen LogP contribution in [-0.2, 0) is 10.3 Å². The number of carbonyl (C=O) groups is 1. The van der Waals surface area contributed by atoms with E-state index in [0.29, 0.717) is 12.0 Å². The van der Waals surface area contributed by atoms with Crippen molar-refractivity contribution in [2.45, 2.75) is 50.6 Å². The van der Waals surface area contributed by atoms with Gasteiger partial charge in [-0.05, 0) is 37.0 Å². The number of aliphatic carboxylic acids is 1. The van der Waals surface area contributed by atoms with Crippen molar-refractivity contribution < 1.29 is 14.3 Å². The molecule has 1 aromatic rings.